The van der Waals surface area contributed by atoms with Gasteiger partial charge in [0.05, 0.1) is 10.6 Å². The van der Waals surface area contributed by atoms with Crippen molar-refractivity contribution in [2.75, 3.05) is 7.05 Å². The van der Waals surface area contributed by atoms with E-state index in [4.69, 9.17) is 16.7 Å². The SMILES string of the molecule is CN(C(=O)c1cccc(Cl)c1F)C(C)(C)C(=O)O. The lowest BCUT2D eigenvalue weighted by atomic mass is 10.0. The lowest BCUT2D eigenvalue weighted by Gasteiger charge is -2.31. The van der Waals surface area contributed by atoms with Crippen molar-refractivity contribution in [1.29, 1.82) is 0 Å². The Kier molecular flexibility index (Phi) is 3.96. The van der Waals surface area contributed by atoms with E-state index in [2.05, 4.69) is 0 Å². The zero-order valence-electron chi connectivity index (χ0n) is 10.2. The highest BCUT2D eigenvalue weighted by Crippen LogP contribution is 2.22. The predicted molar refractivity (Wildman–Crippen MR) is 65.2 cm³/mol. The second-order valence-corrected chi connectivity index (χ2v) is 4.74. The Bertz CT molecular complexity index is 502. The number of benzene rings is 1. The first-order valence-electron chi connectivity index (χ1n) is 5.15. The first kappa shape index (κ1) is 14.4. The molecule has 1 N–H and O–H groups in total. The average Bonchev–Trinajstić information content (AvgIpc) is 2.30. The molecular formula is C12H13ClFNO3. The third-order valence-electron chi connectivity index (χ3n) is 2.85. The van der Waals surface area contributed by atoms with Crippen LogP contribution in [-0.4, -0.2) is 34.5 Å². The summed E-state index contributed by atoms with van der Waals surface area (Å²) in [6.07, 6.45) is 0. The van der Waals surface area contributed by atoms with Gasteiger partial charge in [0.2, 0.25) is 0 Å². The monoisotopic (exact) mass is 273 g/mol. The fourth-order valence-electron chi connectivity index (χ4n) is 1.25. The summed E-state index contributed by atoms with van der Waals surface area (Å²) in [5, 5.41) is 8.84. The van der Waals surface area contributed by atoms with Crippen molar-refractivity contribution >= 4 is 23.5 Å². The van der Waals surface area contributed by atoms with E-state index < -0.39 is 23.2 Å². The van der Waals surface area contributed by atoms with Crippen LogP contribution in [0, 0.1) is 5.82 Å². The van der Waals surface area contributed by atoms with Gasteiger partial charge in [-0.25, -0.2) is 9.18 Å². The molecule has 4 nitrogen and oxygen atoms in total. The lowest BCUT2D eigenvalue weighted by Crippen LogP contribution is -2.50. The minimum absolute atomic E-state index is 0.178. The van der Waals surface area contributed by atoms with Crippen LogP contribution in [-0.2, 0) is 4.79 Å². The number of amides is 1. The summed E-state index contributed by atoms with van der Waals surface area (Å²) in [5.74, 6) is -2.76. The maximum Gasteiger partial charge on any atom is 0.329 e. The first-order valence-corrected chi connectivity index (χ1v) is 5.53. The van der Waals surface area contributed by atoms with Crippen molar-refractivity contribution in [2.24, 2.45) is 0 Å². The van der Waals surface area contributed by atoms with Crippen LogP contribution in [0.2, 0.25) is 5.02 Å². The number of nitrogens with zero attached hydrogens (tertiary/aromatic N) is 1. The topological polar surface area (TPSA) is 57.6 Å². The Hall–Kier alpha value is -1.62. The van der Waals surface area contributed by atoms with E-state index in [-0.39, 0.29) is 10.6 Å². The summed E-state index contributed by atoms with van der Waals surface area (Å²) in [4.78, 5) is 24.0. The summed E-state index contributed by atoms with van der Waals surface area (Å²) in [7, 11) is 1.30. The van der Waals surface area contributed by atoms with E-state index in [1.807, 2.05) is 0 Å². The maximum absolute atomic E-state index is 13.7. The van der Waals surface area contributed by atoms with Crippen LogP contribution in [0.1, 0.15) is 24.2 Å². The number of hydrogen-bond donors (Lipinski definition) is 1. The van der Waals surface area contributed by atoms with Crippen molar-refractivity contribution in [3.63, 3.8) is 0 Å². The van der Waals surface area contributed by atoms with E-state index >= 15 is 0 Å². The molecular weight excluding hydrogens is 261 g/mol. The van der Waals surface area contributed by atoms with Gasteiger partial charge in [0, 0.05) is 7.05 Å². The Labute approximate surface area is 109 Å². The van der Waals surface area contributed by atoms with Gasteiger partial charge in [-0.2, -0.15) is 0 Å². The Morgan fingerprint density at radius 1 is 1.39 bits per heavy atom. The number of halogens is 2. The van der Waals surface area contributed by atoms with Gasteiger partial charge in [0.1, 0.15) is 5.54 Å². The summed E-state index contributed by atoms with van der Waals surface area (Å²) in [6.45, 7) is 2.71. The second kappa shape index (κ2) is 4.94. The summed E-state index contributed by atoms with van der Waals surface area (Å²) < 4.78 is 13.7. The minimum atomic E-state index is -1.44. The molecule has 6 heteroatoms. The van der Waals surface area contributed by atoms with Crippen LogP contribution >= 0.6 is 11.6 Å². The molecule has 1 aromatic rings. The highest BCUT2D eigenvalue weighted by atomic mass is 35.5. The maximum atomic E-state index is 13.7. The molecule has 0 saturated carbocycles. The second-order valence-electron chi connectivity index (χ2n) is 4.33. The molecule has 1 aromatic carbocycles. The molecule has 0 aromatic heterocycles. The number of carboxylic acids is 1. The molecule has 1 amide bonds. The Morgan fingerprint density at radius 3 is 2.44 bits per heavy atom. The molecule has 0 bridgehead atoms. The van der Waals surface area contributed by atoms with E-state index in [1.54, 1.807) is 0 Å². The molecule has 0 aliphatic heterocycles. The van der Waals surface area contributed by atoms with Gasteiger partial charge < -0.3 is 10.0 Å². The smallest absolute Gasteiger partial charge is 0.329 e. The minimum Gasteiger partial charge on any atom is -0.480 e. The van der Waals surface area contributed by atoms with E-state index in [0.717, 1.165) is 4.90 Å². The molecule has 98 valence electrons. The van der Waals surface area contributed by atoms with Crippen molar-refractivity contribution < 1.29 is 19.1 Å². The molecule has 0 spiro atoms. The third-order valence-corrected chi connectivity index (χ3v) is 3.14. The Morgan fingerprint density at radius 2 is 1.94 bits per heavy atom. The highest BCUT2D eigenvalue weighted by molar-refractivity contribution is 6.31. The standard InChI is InChI=1S/C12H13ClFNO3/c1-12(2,11(17)18)15(3)10(16)7-5-4-6-8(13)9(7)14/h4-6H,1-3H3,(H,17,18). The van der Waals surface area contributed by atoms with E-state index in [0.29, 0.717) is 0 Å². The normalized spacial score (nSPS) is 11.2. The molecule has 1 rings (SSSR count). The van der Waals surface area contributed by atoms with Crippen LogP contribution in [0.15, 0.2) is 18.2 Å². The largest absolute Gasteiger partial charge is 0.480 e. The molecule has 0 atom stereocenters. The van der Waals surface area contributed by atoms with Crippen LogP contribution in [0.3, 0.4) is 0 Å². The number of carbonyl (C=O) groups is 2. The number of carboxylic acid groups (broad SMARTS) is 1. The molecule has 0 saturated heterocycles. The third kappa shape index (κ3) is 2.46. The van der Waals surface area contributed by atoms with Crippen LogP contribution < -0.4 is 0 Å². The van der Waals surface area contributed by atoms with Gasteiger partial charge in [-0.3, -0.25) is 4.79 Å². The van der Waals surface area contributed by atoms with Crippen molar-refractivity contribution in [3.05, 3.63) is 34.6 Å². The van der Waals surface area contributed by atoms with Crippen LogP contribution in [0.25, 0.3) is 0 Å². The van der Waals surface area contributed by atoms with Gasteiger partial charge in [-0.15, -0.1) is 0 Å². The van der Waals surface area contributed by atoms with Crippen molar-refractivity contribution in [3.8, 4) is 0 Å². The van der Waals surface area contributed by atoms with Gasteiger partial charge in [-0.05, 0) is 26.0 Å². The van der Waals surface area contributed by atoms with Crippen LogP contribution in [0.5, 0.6) is 0 Å². The van der Waals surface area contributed by atoms with Crippen molar-refractivity contribution in [2.45, 2.75) is 19.4 Å². The molecule has 0 fully saturated rings. The summed E-state index contributed by atoms with van der Waals surface area (Å²) in [6, 6.07) is 4.01. The number of aliphatic carboxylic acids is 1. The molecule has 0 unspecified atom stereocenters. The number of carbonyl (C=O) groups excluding carboxylic acids is 1. The highest BCUT2D eigenvalue weighted by Gasteiger charge is 2.36. The quantitative estimate of drug-likeness (QED) is 0.920. The van der Waals surface area contributed by atoms with E-state index in [1.165, 1.54) is 39.1 Å². The molecule has 0 radical (unpaired) electrons. The molecule has 18 heavy (non-hydrogen) atoms. The predicted octanol–water partition coefficient (Wildman–Crippen LogP) is 2.41. The lowest BCUT2D eigenvalue weighted by molar-refractivity contribution is -0.147. The van der Waals surface area contributed by atoms with Crippen LogP contribution in [0.4, 0.5) is 4.39 Å². The Balaban J connectivity index is 3.16. The fraction of sp³-hybridized carbons (Fsp3) is 0.333. The van der Waals surface area contributed by atoms with Gasteiger partial charge in [0.25, 0.3) is 5.91 Å². The summed E-state index contributed by atoms with van der Waals surface area (Å²) >= 11 is 5.58. The van der Waals surface area contributed by atoms with Gasteiger partial charge in [0.15, 0.2) is 5.82 Å². The zero-order chi connectivity index (χ0) is 14.1. The van der Waals surface area contributed by atoms with Crippen molar-refractivity contribution in [1.82, 2.24) is 4.90 Å². The fourth-order valence-corrected chi connectivity index (χ4v) is 1.42. The number of likely N-dealkylation sites (N-methyl/N-ethyl adjacent to an activating group) is 1. The number of hydrogen-bond acceptors (Lipinski definition) is 2. The zero-order valence-corrected chi connectivity index (χ0v) is 11.0. The molecule has 0 aliphatic carbocycles. The van der Waals surface area contributed by atoms with Gasteiger partial charge in [-0.1, -0.05) is 17.7 Å². The average molecular weight is 274 g/mol. The summed E-state index contributed by atoms with van der Waals surface area (Å²) in [5.41, 5.74) is -1.69. The first-order chi connectivity index (χ1) is 8.19. The molecule has 0 aliphatic rings. The van der Waals surface area contributed by atoms with E-state index in [9.17, 15) is 14.0 Å². The van der Waals surface area contributed by atoms with Gasteiger partial charge >= 0.3 is 5.97 Å². The molecule has 0 heterocycles. The number of rotatable bonds is 3.